The topological polar surface area (TPSA) is 71.1 Å². The van der Waals surface area contributed by atoms with E-state index in [1.54, 1.807) is 36.5 Å². The predicted molar refractivity (Wildman–Crippen MR) is 98.4 cm³/mol. The van der Waals surface area contributed by atoms with Crippen LogP contribution in [0.4, 0.5) is 17.1 Å². The van der Waals surface area contributed by atoms with Crippen LogP contribution < -0.4 is 10.6 Å². The highest BCUT2D eigenvalue weighted by Crippen LogP contribution is 2.17. The Balaban J connectivity index is 1.71. The lowest BCUT2D eigenvalue weighted by molar-refractivity contribution is 0.101. The number of anilines is 3. The smallest absolute Gasteiger partial charge is 0.257 e. The Morgan fingerprint density at radius 1 is 0.800 bits per heavy atom. The van der Waals surface area contributed by atoms with E-state index in [1.165, 1.54) is 13.1 Å². The zero-order valence-corrected chi connectivity index (χ0v) is 13.7. The fourth-order valence-corrected chi connectivity index (χ4v) is 2.31. The predicted octanol–water partition coefficient (Wildman–Crippen LogP) is 4.28. The van der Waals surface area contributed by atoms with E-state index >= 15 is 0 Å². The lowest BCUT2D eigenvalue weighted by Crippen LogP contribution is -2.12. The maximum atomic E-state index is 12.4. The summed E-state index contributed by atoms with van der Waals surface area (Å²) in [5, 5.41) is 6.00. The number of rotatable bonds is 5. The molecule has 0 aliphatic rings. The quantitative estimate of drug-likeness (QED) is 0.685. The first-order chi connectivity index (χ1) is 12.1. The van der Waals surface area contributed by atoms with Crippen LogP contribution in [0.15, 0.2) is 73.1 Å². The number of hydrogen-bond acceptors (Lipinski definition) is 4. The van der Waals surface area contributed by atoms with Gasteiger partial charge in [0.15, 0.2) is 5.78 Å². The first-order valence-electron chi connectivity index (χ1n) is 7.81. The van der Waals surface area contributed by atoms with Crippen molar-refractivity contribution < 1.29 is 9.59 Å². The van der Waals surface area contributed by atoms with Gasteiger partial charge in [-0.25, -0.2) is 0 Å². The maximum absolute atomic E-state index is 12.4. The van der Waals surface area contributed by atoms with Crippen LogP contribution in [-0.4, -0.2) is 16.7 Å². The van der Waals surface area contributed by atoms with Crippen molar-refractivity contribution >= 4 is 28.8 Å². The summed E-state index contributed by atoms with van der Waals surface area (Å²) in [5.41, 5.74) is 3.31. The van der Waals surface area contributed by atoms with Gasteiger partial charge in [0.2, 0.25) is 0 Å². The molecular weight excluding hydrogens is 314 g/mol. The molecule has 0 saturated carbocycles. The van der Waals surface area contributed by atoms with Crippen LogP contribution in [-0.2, 0) is 0 Å². The van der Waals surface area contributed by atoms with Crippen molar-refractivity contribution in [2.75, 3.05) is 10.6 Å². The van der Waals surface area contributed by atoms with Gasteiger partial charge in [0.1, 0.15) is 0 Å². The number of Topliss-reactive ketones (excluding diaryl/α,β-unsaturated/α-hetero) is 1. The molecule has 1 heterocycles. The normalized spacial score (nSPS) is 10.1. The molecule has 2 N–H and O–H groups in total. The highest BCUT2D eigenvalue weighted by Gasteiger charge is 2.08. The first kappa shape index (κ1) is 16.4. The molecule has 0 aliphatic heterocycles. The van der Waals surface area contributed by atoms with E-state index in [4.69, 9.17) is 0 Å². The minimum absolute atomic E-state index is 0.0123. The molecule has 0 fully saturated rings. The fraction of sp³-hybridized carbons (Fsp3) is 0.0500. The number of ketones is 1. The summed E-state index contributed by atoms with van der Waals surface area (Å²) in [7, 11) is 0. The number of carbonyl (C=O) groups excluding carboxylic acids is 2. The summed E-state index contributed by atoms with van der Waals surface area (Å²) in [6.45, 7) is 1.50. The van der Waals surface area contributed by atoms with E-state index in [9.17, 15) is 9.59 Å². The van der Waals surface area contributed by atoms with Gasteiger partial charge < -0.3 is 10.6 Å². The van der Waals surface area contributed by atoms with Gasteiger partial charge in [-0.3, -0.25) is 14.6 Å². The molecule has 1 amide bonds. The van der Waals surface area contributed by atoms with Crippen LogP contribution in [0.2, 0.25) is 0 Å². The number of carbonyl (C=O) groups is 2. The van der Waals surface area contributed by atoms with E-state index in [1.807, 2.05) is 30.3 Å². The van der Waals surface area contributed by atoms with Crippen LogP contribution in [0.5, 0.6) is 0 Å². The maximum Gasteiger partial charge on any atom is 0.257 e. The molecule has 0 bridgehead atoms. The van der Waals surface area contributed by atoms with Crippen LogP contribution in [0.3, 0.4) is 0 Å². The van der Waals surface area contributed by atoms with Crippen LogP contribution in [0, 0.1) is 0 Å². The van der Waals surface area contributed by atoms with Crippen molar-refractivity contribution in [3.05, 3.63) is 84.2 Å². The lowest BCUT2D eigenvalue weighted by Gasteiger charge is -2.09. The molecule has 3 rings (SSSR count). The van der Waals surface area contributed by atoms with Gasteiger partial charge in [-0.15, -0.1) is 0 Å². The highest BCUT2D eigenvalue weighted by molar-refractivity contribution is 6.05. The molecule has 25 heavy (non-hydrogen) atoms. The Morgan fingerprint density at radius 3 is 2.20 bits per heavy atom. The van der Waals surface area contributed by atoms with Gasteiger partial charge in [-0.05, 0) is 49.4 Å². The molecule has 0 atom stereocenters. The van der Waals surface area contributed by atoms with Crippen LogP contribution in [0.1, 0.15) is 27.6 Å². The average molecular weight is 331 g/mol. The Bertz CT molecular complexity index is 890. The summed E-state index contributed by atoms with van der Waals surface area (Å²) in [4.78, 5) is 27.8. The van der Waals surface area contributed by atoms with Crippen molar-refractivity contribution in [3.63, 3.8) is 0 Å². The monoisotopic (exact) mass is 331 g/mol. The highest BCUT2D eigenvalue weighted by atomic mass is 16.1. The van der Waals surface area contributed by atoms with Gasteiger partial charge in [-0.2, -0.15) is 0 Å². The second-order valence-corrected chi connectivity index (χ2v) is 5.54. The molecule has 0 radical (unpaired) electrons. The van der Waals surface area contributed by atoms with Crippen molar-refractivity contribution in [2.45, 2.75) is 6.92 Å². The third kappa shape index (κ3) is 4.29. The zero-order valence-electron chi connectivity index (χ0n) is 13.7. The summed E-state index contributed by atoms with van der Waals surface area (Å²) in [5.74, 6) is -0.276. The number of para-hydroxylation sites is 1. The van der Waals surface area contributed by atoms with Crippen molar-refractivity contribution in [3.8, 4) is 0 Å². The Kier molecular flexibility index (Phi) is 4.85. The van der Waals surface area contributed by atoms with Crippen molar-refractivity contribution in [1.29, 1.82) is 0 Å². The molecule has 124 valence electrons. The number of aromatic nitrogens is 1. The molecule has 1 aromatic heterocycles. The molecule has 0 aliphatic carbocycles. The number of hydrogen-bond donors (Lipinski definition) is 2. The Morgan fingerprint density at radius 2 is 1.52 bits per heavy atom. The number of pyridine rings is 1. The molecular formula is C20H17N3O2. The van der Waals surface area contributed by atoms with Gasteiger partial charge in [-0.1, -0.05) is 18.2 Å². The van der Waals surface area contributed by atoms with Gasteiger partial charge in [0.25, 0.3) is 5.91 Å². The van der Waals surface area contributed by atoms with Crippen molar-refractivity contribution in [2.24, 2.45) is 0 Å². The minimum Gasteiger partial charge on any atom is -0.354 e. The SMILES string of the molecule is CC(=O)c1ccc(NC(=O)c2cncc(Nc3ccccc3)c2)cc1. The van der Waals surface area contributed by atoms with Crippen LogP contribution >= 0.6 is 0 Å². The summed E-state index contributed by atoms with van der Waals surface area (Å²) in [6, 6.07) is 18.2. The summed E-state index contributed by atoms with van der Waals surface area (Å²) in [6.07, 6.45) is 3.17. The molecule has 0 saturated heterocycles. The van der Waals surface area contributed by atoms with E-state index in [0.29, 0.717) is 16.8 Å². The van der Waals surface area contributed by atoms with Gasteiger partial charge >= 0.3 is 0 Å². The number of nitrogens with zero attached hydrogens (tertiary/aromatic N) is 1. The molecule has 5 nitrogen and oxygen atoms in total. The lowest BCUT2D eigenvalue weighted by atomic mass is 10.1. The average Bonchev–Trinajstić information content (AvgIpc) is 2.63. The third-order valence-corrected chi connectivity index (χ3v) is 3.61. The van der Waals surface area contributed by atoms with Gasteiger partial charge in [0.05, 0.1) is 17.4 Å². The Labute approximate surface area is 145 Å². The summed E-state index contributed by atoms with van der Waals surface area (Å²) < 4.78 is 0. The number of amides is 1. The van der Waals surface area contributed by atoms with Crippen LogP contribution in [0.25, 0.3) is 0 Å². The minimum atomic E-state index is -0.264. The zero-order chi connectivity index (χ0) is 17.6. The fourth-order valence-electron chi connectivity index (χ4n) is 2.31. The standard InChI is InChI=1S/C20H17N3O2/c1-14(24)15-7-9-18(10-8-15)23-20(25)16-11-19(13-21-12-16)22-17-5-3-2-4-6-17/h2-13,22H,1H3,(H,23,25). The molecule has 5 heteroatoms. The third-order valence-electron chi connectivity index (χ3n) is 3.61. The number of benzene rings is 2. The van der Waals surface area contributed by atoms with E-state index in [0.717, 1.165) is 11.4 Å². The second-order valence-electron chi connectivity index (χ2n) is 5.54. The second kappa shape index (κ2) is 7.40. The van der Waals surface area contributed by atoms with E-state index < -0.39 is 0 Å². The van der Waals surface area contributed by atoms with E-state index in [2.05, 4.69) is 15.6 Å². The first-order valence-corrected chi connectivity index (χ1v) is 7.81. The molecule has 0 unspecified atom stereocenters. The van der Waals surface area contributed by atoms with E-state index in [-0.39, 0.29) is 11.7 Å². The number of nitrogens with one attached hydrogen (secondary N) is 2. The summed E-state index contributed by atoms with van der Waals surface area (Å²) >= 11 is 0. The largest absolute Gasteiger partial charge is 0.354 e. The molecule has 2 aromatic carbocycles. The molecule has 3 aromatic rings. The molecule has 0 spiro atoms. The van der Waals surface area contributed by atoms with Gasteiger partial charge in [0, 0.05) is 23.1 Å². The Hall–Kier alpha value is -3.47. The van der Waals surface area contributed by atoms with Crippen molar-refractivity contribution in [1.82, 2.24) is 4.98 Å².